The smallest absolute Gasteiger partial charge is 0.223 e. The van der Waals surface area contributed by atoms with Crippen LogP contribution in [0.5, 0.6) is 5.75 Å². The van der Waals surface area contributed by atoms with Gasteiger partial charge in [0, 0.05) is 18.2 Å². The molecule has 0 saturated heterocycles. The molecule has 0 aliphatic rings. The maximum Gasteiger partial charge on any atom is 0.223 e. The van der Waals surface area contributed by atoms with Gasteiger partial charge >= 0.3 is 0 Å². The number of benzene rings is 1. The number of amides is 1. The molecule has 0 fully saturated rings. The zero-order valence-corrected chi connectivity index (χ0v) is 11.6. The van der Waals surface area contributed by atoms with E-state index in [0.29, 0.717) is 18.7 Å². The standard InChI is InChI=1S/C14H21FN2O2/c1-4-17-14(18)7-8-19-13-6-5-11(15)9-12(13)10(2)16-3/h5-6,9-10,16H,4,7-8H2,1-3H3,(H,17,18). The van der Waals surface area contributed by atoms with Gasteiger partial charge in [-0.3, -0.25) is 4.79 Å². The van der Waals surface area contributed by atoms with E-state index in [1.807, 2.05) is 13.8 Å². The van der Waals surface area contributed by atoms with Crippen LogP contribution in [0.1, 0.15) is 31.9 Å². The second-order valence-electron chi connectivity index (χ2n) is 4.24. The average Bonchev–Trinajstić information content (AvgIpc) is 2.39. The van der Waals surface area contributed by atoms with Crippen LogP contribution >= 0.6 is 0 Å². The molecular weight excluding hydrogens is 247 g/mol. The van der Waals surface area contributed by atoms with E-state index in [1.165, 1.54) is 12.1 Å². The average molecular weight is 268 g/mol. The topological polar surface area (TPSA) is 50.4 Å². The highest BCUT2D eigenvalue weighted by Crippen LogP contribution is 2.25. The lowest BCUT2D eigenvalue weighted by Crippen LogP contribution is -2.24. The minimum Gasteiger partial charge on any atom is -0.493 e. The molecule has 0 saturated carbocycles. The number of hydrogen-bond donors (Lipinski definition) is 2. The van der Waals surface area contributed by atoms with Gasteiger partial charge < -0.3 is 15.4 Å². The van der Waals surface area contributed by atoms with Gasteiger partial charge in [0.2, 0.25) is 5.91 Å². The minimum absolute atomic E-state index is 0.0184. The second-order valence-corrected chi connectivity index (χ2v) is 4.24. The molecule has 1 aromatic rings. The molecular formula is C14H21FN2O2. The third-order valence-corrected chi connectivity index (χ3v) is 2.83. The lowest BCUT2D eigenvalue weighted by molar-refractivity contribution is -0.121. The summed E-state index contributed by atoms with van der Waals surface area (Å²) in [6, 6.07) is 4.38. The number of hydrogen-bond acceptors (Lipinski definition) is 3. The maximum atomic E-state index is 13.2. The van der Waals surface area contributed by atoms with Gasteiger partial charge in [0.1, 0.15) is 11.6 Å². The minimum atomic E-state index is -0.298. The van der Waals surface area contributed by atoms with Crippen molar-refractivity contribution in [1.29, 1.82) is 0 Å². The summed E-state index contributed by atoms with van der Waals surface area (Å²) in [6.07, 6.45) is 0.290. The monoisotopic (exact) mass is 268 g/mol. The van der Waals surface area contributed by atoms with Crippen LogP contribution in [0, 0.1) is 5.82 Å². The number of carbonyl (C=O) groups is 1. The van der Waals surface area contributed by atoms with Crippen LogP contribution in [0.15, 0.2) is 18.2 Å². The van der Waals surface area contributed by atoms with Crippen molar-refractivity contribution in [1.82, 2.24) is 10.6 Å². The summed E-state index contributed by atoms with van der Waals surface area (Å²) in [6.45, 7) is 4.68. The third-order valence-electron chi connectivity index (χ3n) is 2.83. The summed E-state index contributed by atoms with van der Waals surface area (Å²) in [4.78, 5) is 11.3. The van der Waals surface area contributed by atoms with Gasteiger partial charge in [-0.2, -0.15) is 0 Å². The number of rotatable bonds is 7. The Morgan fingerprint density at radius 3 is 2.84 bits per heavy atom. The predicted octanol–water partition coefficient (Wildman–Crippen LogP) is 2.01. The molecule has 1 unspecified atom stereocenters. The van der Waals surface area contributed by atoms with Crippen LogP contribution in [0.2, 0.25) is 0 Å². The van der Waals surface area contributed by atoms with E-state index < -0.39 is 0 Å². The van der Waals surface area contributed by atoms with Crippen LogP contribution in [0.25, 0.3) is 0 Å². The highest BCUT2D eigenvalue weighted by molar-refractivity contribution is 5.75. The Labute approximate surface area is 113 Å². The molecule has 5 heteroatoms. The lowest BCUT2D eigenvalue weighted by atomic mass is 10.1. The van der Waals surface area contributed by atoms with E-state index in [9.17, 15) is 9.18 Å². The first-order valence-electron chi connectivity index (χ1n) is 6.44. The van der Waals surface area contributed by atoms with Crippen molar-refractivity contribution in [2.24, 2.45) is 0 Å². The molecule has 1 atom stereocenters. The first kappa shape index (κ1) is 15.4. The number of carbonyl (C=O) groups excluding carboxylic acids is 1. The molecule has 1 rings (SSSR count). The summed E-state index contributed by atoms with van der Waals surface area (Å²) in [5.41, 5.74) is 0.749. The van der Waals surface area contributed by atoms with Gasteiger partial charge in [-0.05, 0) is 39.1 Å². The van der Waals surface area contributed by atoms with Gasteiger partial charge in [-0.25, -0.2) is 4.39 Å². The van der Waals surface area contributed by atoms with Crippen LogP contribution in [-0.4, -0.2) is 26.1 Å². The van der Waals surface area contributed by atoms with Gasteiger partial charge in [0.05, 0.1) is 13.0 Å². The highest BCUT2D eigenvalue weighted by Gasteiger charge is 2.11. The number of nitrogens with one attached hydrogen (secondary N) is 2. The van der Waals surface area contributed by atoms with E-state index in [-0.39, 0.29) is 24.4 Å². The zero-order valence-electron chi connectivity index (χ0n) is 11.6. The van der Waals surface area contributed by atoms with E-state index in [1.54, 1.807) is 13.1 Å². The van der Waals surface area contributed by atoms with Crippen molar-refractivity contribution in [3.05, 3.63) is 29.6 Å². The van der Waals surface area contributed by atoms with E-state index in [2.05, 4.69) is 10.6 Å². The van der Waals surface area contributed by atoms with Gasteiger partial charge in [0.25, 0.3) is 0 Å². The van der Waals surface area contributed by atoms with Crippen molar-refractivity contribution >= 4 is 5.91 Å². The second kappa shape index (κ2) is 7.74. The molecule has 0 aliphatic heterocycles. The first-order valence-corrected chi connectivity index (χ1v) is 6.44. The number of ether oxygens (including phenoxy) is 1. The van der Waals surface area contributed by atoms with Crippen LogP contribution in [0.4, 0.5) is 4.39 Å². The van der Waals surface area contributed by atoms with E-state index >= 15 is 0 Å². The fourth-order valence-corrected chi connectivity index (χ4v) is 1.68. The molecule has 0 radical (unpaired) electrons. The Kier molecular flexibility index (Phi) is 6.29. The fraction of sp³-hybridized carbons (Fsp3) is 0.500. The van der Waals surface area contributed by atoms with Crippen LogP contribution < -0.4 is 15.4 Å². The molecule has 106 valence electrons. The normalized spacial score (nSPS) is 12.0. The van der Waals surface area contributed by atoms with Crippen LogP contribution in [-0.2, 0) is 4.79 Å². The quantitative estimate of drug-likeness (QED) is 0.795. The van der Waals surface area contributed by atoms with Crippen molar-refractivity contribution < 1.29 is 13.9 Å². The molecule has 0 aromatic heterocycles. The van der Waals surface area contributed by atoms with Gasteiger partial charge in [-0.15, -0.1) is 0 Å². The Bertz CT molecular complexity index is 424. The molecule has 4 nitrogen and oxygen atoms in total. The van der Waals surface area contributed by atoms with Gasteiger partial charge in [0.15, 0.2) is 0 Å². The zero-order chi connectivity index (χ0) is 14.3. The molecule has 2 N–H and O–H groups in total. The third kappa shape index (κ3) is 4.87. The maximum absolute atomic E-state index is 13.2. The van der Waals surface area contributed by atoms with Crippen molar-refractivity contribution in [2.45, 2.75) is 26.3 Å². The highest BCUT2D eigenvalue weighted by atomic mass is 19.1. The SMILES string of the molecule is CCNC(=O)CCOc1ccc(F)cc1C(C)NC. The molecule has 1 amide bonds. The lowest BCUT2D eigenvalue weighted by Gasteiger charge is -2.16. The first-order chi connectivity index (χ1) is 9.08. The summed E-state index contributed by atoms with van der Waals surface area (Å²) >= 11 is 0. The summed E-state index contributed by atoms with van der Waals surface area (Å²) in [7, 11) is 1.80. The fourth-order valence-electron chi connectivity index (χ4n) is 1.68. The summed E-state index contributed by atoms with van der Waals surface area (Å²) < 4.78 is 18.8. The van der Waals surface area contributed by atoms with E-state index in [4.69, 9.17) is 4.74 Å². The molecule has 0 aliphatic carbocycles. The molecule has 0 spiro atoms. The van der Waals surface area contributed by atoms with Crippen LogP contribution in [0.3, 0.4) is 0 Å². The largest absolute Gasteiger partial charge is 0.493 e. The Morgan fingerprint density at radius 2 is 2.21 bits per heavy atom. The molecule has 19 heavy (non-hydrogen) atoms. The molecule has 0 bridgehead atoms. The number of halogens is 1. The van der Waals surface area contributed by atoms with E-state index in [0.717, 1.165) is 5.56 Å². The molecule has 1 aromatic carbocycles. The van der Waals surface area contributed by atoms with Crippen molar-refractivity contribution in [3.63, 3.8) is 0 Å². The Morgan fingerprint density at radius 1 is 1.47 bits per heavy atom. The van der Waals surface area contributed by atoms with Gasteiger partial charge in [-0.1, -0.05) is 0 Å². The predicted molar refractivity (Wildman–Crippen MR) is 72.7 cm³/mol. The Balaban J connectivity index is 2.64. The molecule has 0 heterocycles. The van der Waals surface area contributed by atoms with Crippen molar-refractivity contribution in [2.75, 3.05) is 20.2 Å². The Hall–Kier alpha value is -1.62. The van der Waals surface area contributed by atoms with Crippen molar-refractivity contribution in [3.8, 4) is 5.75 Å². The summed E-state index contributed by atoms with van der Waals surface area (Å²) in [5.74, 6) is 0.258. The summed E-state index contributed by atoms with van der Waals surface area (Å²) in [5, 5.41) is 5.74.